The molecule has 0 bridgehead atoms. The Bertz CT molecular complexity index is 1210. The summed E-state index contributed by atoms with van der Waals surface area (Å²) in [5.41, 5.74) is 0.256. The van der Waals surface area contributed by atoms with Gasteiger partial charge in [0.25, 0.3) is 0 Å². The van der Waals surface area contributed by atoms with Crippen molar-refractivity contribution in [2.45, 2.75) is 142 Å². The molecule has 1 unspecified atom stereocenters. The lowest BCUT2D eigenvalue weighted by Crippen LogP contribution is -2.59. The van der Waals surface area contributed by atoms with Crippen LogP contribution in [0.1, 0.15) is 121 Å². The van der Waals surface area contributed by atoms with Crippen LogP contribution in [-0.2, 0) is 18.8 Å². The second-order valence-electron chi connectivity index (χ2n) is 15.0. The van der Waals surface area contributed by atoms with E-state index in [-0.39, 0.29) is 46.5 Å². The molecule has 2 heterocycles. The molecule has 11 heteroatoms. The Morgan fingerprint density at radius 3 is 2.45 bits per heavy atom. The lowest BCUT2D eigenvalue weighted by molar-refractivity contribution is -0.142. The molecule has 9 nitrogen and oxygen atoms in total. The van der Waals surface area contributed by atoms with Gasteiger partial charge in [-0.25, -0.2) is 9.78 Å². The molecule has 1 aliphatic heterocycles. The molecule has 0 aromatic carbocycles. The van der Waals surface area contributed by atoms with Gasteiger partial charge in [0.15, 0.2) is 14.0 Å². The number of esters is 1. The number of terminal acetylenes is 1. The molecule has 0 radical (unpaired) electrons. The molecular formula is C36H62N4O5SSi. The molecule has 1 aromatic rings. The highest BCUT2D eigenvalue weighted by atomic mass is 32.1. The average molecular weight is 691 g/mol. The number of likely N-dealkylation sites (N-methyl/N-ethyl adjacent to an activating group) is 1. The van der Waals surface area contributed by atoms with Crippen molar-refractivity contribution in [3.63, 3.8) is 0 Å². The van der Waals surface area contributed by atoms with Crippen LogP contribution in [-0.4, -0.2) is 86.3 Å². The van der Waals surface area contributed by atoms with Gasteiger partial charge in [0, 0.05) is 24.4 Å². The number of nitrogens with zero attached hydrogens (tertiary/aromatic N) is 3. The summed E-state index contributed by atoms with van der Waals surface area (Å²) in [5, 5.41) is 5.57. The summed E-state index contributed by atoms with van der Waals surface area (Å²) in [7, 11) is 1.03. The minimum atomic E-state index is -2.31. The Labute approximate surface area is 290 Å². The van der Waals surface area contributed by atoms with Gasteiger partial charge in [0.05, 0.1) is 19.3 Å². The molecule has 1 fully saturated rings. The fourth-order valence-corrected chi connectivity index (χ4v) is 8.00. The number of carbonyl (C=O) groups is 3. The fourth-order valence-electron chi connectivity index (χ4n) is 5.81. The van der Waals surface area contributed by atoms with Crippen LogP contribution in [0.25, 0.3) is 0 Å². The summed E-state index contributed by atoms with van der Waals surface area (Å²) in [6.45, 7) is 20.8. The number of likely N-dealkylation sites (tertiary alicyclic amines) is 1. The number of nitrogens with one attached hydrogen (secondary N) is 1. The van der Waals surface area contributed by atoms with Crippen molar-refractivity contribution in [3.8, 4) is 12.3 Å². The predicted molar refractivity (Wildman–Crippen MR) is 194 cm³/mol. The number of aromatic nitrogens is 1. The number of hydrogen-bond donors (Lipinski definition) is 1. The Morgan fingerprint density at radius 2 is 1.89 bits per heavy atom. The van der Waals surface area contributed by atoms with E-state index in [1.807, 2.05) is 18.9 Å². The van der Waals surface area contributed by atoms with E-state index in [9.17, 15) is 14.4 Å². The molecule has 0 aliphatic carbocycles. The van der Waals surface area contributed by atoms with Crippen LogP contribution < -0.4 is 5.32 Å². The lowest BCUT2D eigenvalue weighted by atomic mass is 9.91. The van der Waals surface area contributed by atoms with E-state index in [1.165, 1.54) is 18.4 Å². The first-order valence-electron chi connectivity index (χ1n) is 17.4. The number of piperidine rings is 1. The van der Waals surface area contributed by atoms with Gasteiger partial charge in [-0.05, 0) is 75.7 Å². The number of amides is 2. The van der Waals surface area contributed by atoms with Crippen LogP contribution in [0.3, 0.4) is 0 Å². The maximum atomic E-state index is 14.8. The second-order valence-corrected chi connectivity index (χ2v) is 20.7. The van der Waals surface area contributed by atoms with E-state index >= 15 is 0 Å². The smallest absolute Gasteiger partial charge is 0.357 e. The van der Waals surface area contributed by atoms with Gasteiger partial charge in [-0.2, -0.15) is 0 Å². The molecule has 2 rings (SSSR count). The van der Waals surface area contributed by atoms with Crippen LogP contribution in [0, 0.1) is 24.2 Å². The zero-order chi connectivity index (χ0) is 35.5. The van der Waals surface area contributed by atoms with Gasteiger partial charge in [0.2, 0.25) is 11.8 Å². The summed E-state index contributed by atoms with van der Waals surface area (Å²) in [6.07, 6.45) is 11.5. The van der Waals surface area contributed by atoms with Gasteiger partial charge in [-0.1, -0.05) is 61.3 Å². The Hall–Kier alpha value is -2.26. The normalized spacial score (nSPS) is 18.6. The number of methoxy groups -OCH3 is 1. The van der Waals surface area contributed by atoms with Crippen molar-refractivity contribution < 1.29 is 23.5 Å². The largest absolute Gasteiger partial charge is 0.464 e. The monoisotopic (exact) mass is 690 g/mol. The topological polar surface area (TPSA) is 101 Å². The standard InChI is InChI=1S/C36H62N4O5SSi/c1-13-15-16-18-22-40(34(42)31(26(5)14-2)38-32(41)28-20-17-19-21-39(28)9)29(25(3)4)23-30(45-47(11,12)36(6,7)8)33-37-27(24-46-33)35(43)44-10/h1,24-26,28-31H,14-23H2,2-12H3,(H,38,41)/t26?,28-,29-,30-,31+/m1/s1. The highest BCUT2D eigenvalue weighted by molar-refractivity contribution is 7.09. The number of ether oxygens (including phenoxy) is 1. The van der Waals surface area contributed by atoms with E-state index in [1.54, 1.807) is 5.38 Å². The summed E-state index contributed by atoms with van der Waals surface area (Å²) < 4.78 is 12.0. The molecule has 1 N–H and O–H groups in total. The van der Waals surface area contributed by atoms with Crippen molar-refractivity contribution in [1.82, 2.24) is 20.1 Å². The van der Waals surface area contributed by atoms with Crippen molar-refractivity contribution in [2.75, 3.05) is 27.2 Å². The van der Waals surface area contributed by atoms with Crippen LogP contribution in [0.4, 0.5) is 0 Å². The molecule has 0 spiro atoms. The third kappa shape index (κ3) is 11.4. The Balaban J connectivity index is 2.56. The van der Waals surface area contributed by atoms with Crippen LogP contribution in [0.15, 0.2) is 5.38 Å². The zero-order valence-corrected chi connectivity index (χ0v) is 32.8. The molecule has 1 saturated heterocycles. The van der Waals surface area contributed by atoms with Crippen molar-refractivity contribution in [3.05, 3.63) is 16.1 Å². The Morgan fingerprint density at radius 1 is 1.21 bits per heavy atom. The first-order chi connectivity index (χ1) is 22.0. The van der Waals surface area contributed by atoms with Crippen molar-refractivity contribution in [1.29, 1.82) is 0 Å². The first kappa shape index (κ1) is 40.9. The first-order valence-corrected chi connectivity index (χ1v) is 21.2. The number of thiazole rings is 1. The molecule has 5 atom stereocenters. The van der Waals surface area contributed by atoms with Crippen LogP contribution in [0.5, 0.6) is 0 Å². The van der Waals surface area contributed by atoms with Crippen LogP contribution >= 0.6 is 11.3 Å². The van der Waals surface area contributed by atoms with Crippen LogP contribution in [0.2, 0.25) is 18.1 Å². The minimum Gasteiger partial charge on any atom is -0.464 e. The summed E-state index contributed by atoms with van der Waals surface area (Å²) >= 11 is 1.39. The number of carbonyl (C=O) groups excluding carboxylic acids is 3. The number of unbranched alkanes of at least 4 members (excludes halogenated alkanes) is 2. The molecule has 266 valence electrons. The van der Waals surface area contributed by atoms with Gasteiger partial charge >= 0.3 is 5.97 Å². The molecule has 1 aliphatic rings. The van der Waals surface area contributed by atoms with Crippen molar-refractivity contribution >= 4 is 37.4 Å². The third-order valence-electron chi connectivity index (χ3n) is 10.2. The molecular weight excluding hydrogens is 629 g/mol. The van der Waals surface area contributed by atoms with E-state index in [4.69, 9.17) is 15.6 Å². The summed E-state index contributed by atoms with van der Waals surface area (Å²) in [6, 6.07) is -1.10. The molecule has 0 saturated carbocycles. The van der Waals surface area contributed by atoms with Gasteiger partial charge in [-0.3, -0.25) is 14.5 Å². The number of hydrogen-bond acceptors (Lipinski definition) is 8. The second kappa shape index (κ2) is 18.5. The fraction of sp³-hybridized carbons (Fsp3) is 0.778. The number of rotatable bonds is 17. The van der Waals surface area contributed by atoms with E-state index < -0.39 is 26.4 Å². The minimum absolute atomic E-state index is 0.0535. The van der Waals surface area contributed by atoms with Gasteiger partial charge in [-0.15, -0.1) is 23.7 Å². The molecule has 2 amide bonds. The quantitative estimate of drug-likeness (QED) is 0.0809. The van der Waals surface area contributed by atoms with Crippen molar-refractivity contribution in [2.24, 2.45) is 11.8 Å². The molecule has 1 aromatic heterocycles. The predicted octanol–water partition coefficient (Wildman–Crippen LogP) is 7.05. The van der Waals surface area contributed by atoms with E-state index in [2.05, 4.69) is 75.8 Å². The highest BCUT2D eigenvalue weighted by Crippen LogP contribution is 2.42. The third-order valence-corrected chi connectivity index (χ3v) is 15.6. The maximum Gasteiger partial charge on any atom is 0.357 e. The van der Waals surface area contributed by atoms with Gasteiger partial charge < -0.3 is 19.4 Å². The van der Waals surface area contributed by atoms with E-state index in [0.717, 1.165) is 45.1 Å². The molecule has 47 heavy (non-hydrogen) atoms. The Kier molecular flexibility index (Phi) is 16.1. The average Bonchev–Trinajstić information content (AvgIpc) is 3.51. The maximum absolute atomic E-state index is 14.8. The summed E-state index contributed by atoms with van der Waals surface area (Å²) in [4.78, 5) is 49.6. The zero-order valence-electron chi connectivity index (χ0n) is 31.0. The summed E-state index contributed by atoms with van der Waals surface area (Å²) in [5.74, 6) is 2.13. The van der Waals surface area contributed by atoms with E-state index in [0.29, 0.717) is 24.4 Å². The SMILES string of the molecule is C#CCCCCN(C(=O)[C@@H](NC(=O)[C@H]1CCCCN1C)C(C)CC)[C@H](C[C@@H](O[Si](C)(C)C(C)(C)C)c1nc(C(=O)OC)cs1)C(C)C. The lowest BCUT2D eigenvalue weighted by Gasteiger charge is -2.43. The highest BCUT2D eigenvalue weighted by Gasteiger charge is 2.43. The van der Waals surface area contributed by atoms with Gasteiger partial charge in [0.1, 0.15) is 11.0 Å².